The van der Waals surface area contributed by atoms with Gasteiger partial charge in [-0.3, -0.25) is 0 Å². The van der Waals surface area contributed by atoms with Gasteiger partial charge in [0, 0.05) is 0 Å². The first-order chi connectivity index (χ1) is 4.72. The Bertz CT molecular complexity index is 242. The third-order valence-corrected chi connectivity index (χ3v) is 2.01. The Labute approximate surface area is 64.8 Å². The van der Waals surface area contributed by atoms with Crippen molar-refractivity contribution in [3.05, 3.63) is 18.2 Å². The first-order valence-corrected chi connectivity index (χ1v) is 4.35. The van der Waals surface area contributed by atoms with Gasteiger partial charge in [0.1, 0.15) is 0 Å². The summed E-state index contributed by atoms with van der Waals surface area (Å²) in [5.41, 5.74) is 5.80. The minimum atomic E-state index is -1.09. The number of hydrogen-bond acceptors (Lipinski definition) is 3. The monoisotopic (exact) mass is 199 g/mol. The van der Waals surface area contributed by atoms with Gasteiger partial charge in [-0.05, 0) is 0 Å². The number of nitrogen functional groups attached to an aromatic ring is 1. The van der Waals surface area contributed by atoms with Crippen LogP contribution in [0.2, 0.25) is 0 Å². The van der Waals surface area contributed by atoms with Gasteiger partial charge in [-0.2, -0.15) is 0 Å². The Balaban J connectivity index is 3.18. The topological polar surface area (TPSA) is 63.3 Å². The van der Waals surface area contributed by atoms with Crippen LogP contribution in [0.1, 0.15) is 0 Å². The van der Waals surface area contributed by atoms with E-state index in [1.807, 2.05) is 0 Å². The van der Waals surface area contributed by atoms with E-state index in [1.165, 1.54) is 12.1 Å². The summed E-state index contributed by atoms with van der Waals surface area (Å²) in [6.45, 7) is 0. The molecule has 0 saturated carbocycles. The number of hydrogen-bond donors (Lipinski definition) is 2. The molecule has 0 amide bonds. The van der Waals surface area contributed by atoms with Crippen LogP contribution >= 0.6 is 0 Å². The van der Waals surface area contributed by atoms with E-state index in [4.69, 9.17) is 10.8 Å². The predicted molar refractivity (Wildman–Crippen MR) is 38.6 cm³/mol. The van der Waals surface area contributed by atoms with Crippen molar-refractivity contribution < 1.29 is 8.85 Å². The molecule has 0 bridgehead atoms. The molecule has 0 saturated heterocycles. The molecule has 3 nitrogen and oxygen atoms in total. The molecule has 10 heavy (non-hydrogen) atoms. The summed E-state index contributed by atoms with van der Waals surface area (Å²) >= 11 is -1.09. The summed E-state index contributed by atoms with van der Waals surface area (Å²) in [5, 5.41) is 8.92. The van der Waals surface area contributed by atoms with E-state index in [0.29, 0.717) is 10.0 Å². The second-order valence-corrected chi connectivity index (χ2v) is 3.34. The van der Waals surface area contributed by atoms with Crippen molar-refractivity contribution >= 4 is 25.7 Å². The van der Waals surface area contributed by atoms with Crippen LogP contribution in [0.25, 0.3) is 0 Å². The Morgan fingerprint density at radius 2 is 2.10 bits per heavy atom. The number of benzene rings is 1. The van der Waals surface area contributed by atoms with Gasteiger partial charge in [-0.25, -0.2) is 0 Å². The number of aromatic hydroxyl groups is 1. The van der Waals surface area contributed by atoms with Gasteiger partial charge in [-0.15, -0.1) is 0 Å². The molecule has 0 heterocycles. The molecule has 0 atom stereocenters. The van der Waals surface area contributed by atoms with Crippen LogP contribution in [0.4, 0.5) is 5.69 Å². The molecule has 3 N–H and O–H groups in total. The zero-order chi connectivity index (χ0) is 7.56. The summed E-state index contributed by atoms with van der Waals surface area (Å²) in [6, 6.07) is 4.45. The fourth-order valence-corrected chi connectivity index (χ4v) is 1.48. The maximum atomic E-state index is 10.4. The average Bonchev–Trinajstić information content (AvgIpc) is 1.85. The summed E-state index contributed by atoms with van der Waals surface area (Å²) in [6.07, 6.45) is 0. The van der Waals surface area contributed by atoms with Crippen LogP contribution in [-0.2, 0) is 3.74 Å². The fraction of sp³-hybridized carbons (Fsp3) is 0. The van der Waals surface area contributed by atoms with Crippen LogP contribution in [0, 0.1) is 0 Å². The molecule has 0 aliphatic carbocycles. The maximum absolute atomic E-state index is 10.4. The predicted octanol–water partition coefficient (Wildman–Crippen LogP) is -0.351. The van der Waals surface area contributed by atoms with E-state index < -0.39 is 15.7 Å². The molecule has 1 aromatic carbocycles. The third kappa shape index (κ3) is 1.58. The Morgan fingerprint density at radius 1 is 1.40 bits per heavy atom. The van der Waals surface area contributed by atoms with Crippen LogP contribution in [0.5, 0.6) is 5.75 Å². The van der Waals surface area contributed by atoms with E-state index in [0.717, 1.165) is 0 Å². The number of phenolic OH excluding ortho intramolecular Hbond substituents is 1. The molecule has 0 radical (unpaired) electrons. The number of anilines is 1. The van der Waals surface area contributed by atoms with Gasteiger partial charge in [-0.1, -0.05) is 0 Å². The molecular weight excluding hydrogens is 193 g/mol. The molecular formula is C6H6AsNO2. The van der Waals surface area contributed by atoms with E-state index in [2.05, 4.69) is 0 Å². The quantitative estimate of drug-likeness (QED) is 0.480. The summed E-state index contributed by atoms with van der Waals surface area (Å²) in [7, 11) is 0. The Hall–Kier alpha value is -0.822. The van der Waals surface area contributed by atoms with Crippen LogP contribution in [0.15, 0.2) is 18.2 Å². The number of rotatable bonds is 1. The zero-order valence-electron chi connectivity index (χ0n) is 5.11. The van der Waals surface area contributed by atoms with Crippen molar-refractivity contribution in [3.63, 3.8) is 0 Å². The number of phenols is 1. The fourth-order valence-electron chi connectivity index (χ4n) is 0.671. The van der Waals surface area contributed by atoms with Gasteiger partial charge in [0.25, 0.3) is 0 Å². The normalized spacial score (nSPS) is 10.0. The molecule has 0 aliphatic heterocycles. The molecule has 0 spiro atoms. The van der Waals surface area contributed by atoms with Crippen LogP contribution < -0.4 is 10.1 Å². The van der Waals surface area contributed by atoms with Gasteiger partial charge in [0.15, 0.2) is 0 Å². The van der Waals surface area contributed by atoms with Gasteiger partial charge in [0.05, 0.1) is 0 Å². The molecule has 52 valence electrons. The van der Waals surface area contributed by atoms with Gasteiger partial charge < -0.3 is 0 Å². The zero-order valence-corrected chi connectivity index (χ0v) is 6.99. The molecule has 0 fully saturated rings. The van der Waals surface area contributed by atoms with E-state index >= 15 is 0 Å². The number of nitrogens with two attached hydrogens (primary N) is 1. The molecule has 0 aromatic heterocycles. The summed E-state index contributed by atoms with van der Waals surface area (Å²) < 4.78 is 11.0. The molecule has 4 heteroatoms. The standard InChI is InChI=1S/C6H6AsNO2/c8-5-1-4(7-10)2-6(9)3-5/h1-3,9H,8H2. The first-order valence-electron chi connectivity index (χ1n) is 2.65. The van der Waals surface area contributed by atoms with Gasteiger partial charge in [0.2, 0.25) is 0 Å². The van der Waals surface area contributed by atoms with Crippen LogP contribution in [0.3, 0.4) is 0 Å². The average molecular weight is 199 g/mol. The van der Waals surface area contributed by atoms with E-state index in [-0.39, 0.29) is 5.75 Å². The molecule has 1 aromatic rings. The summed E-state index contributed by atoms with van der Waals surface area (Å²) in [5.74, 6) is 0.0705. The molecule has 0 aliphatic rings. The van der Waals surface area contributed by atoms with Crippen molar-refractivity contribution in [2.75, 3.05) is 5.73 Å². The Kier molecular flexibility index (Phi) is 2.07. The molecule has 0 unspecified atom stereocenters. The minimum absolute atomic E-state index is 0.0705. The first kappa shape index (κ1) is 7.29. The summed E-state index contributed by atoms with van der Waals surface area (Å²) in [4.78, 5) is 0. The van der Waals surface area contributed by atoms with Crippen molar-refractivity contribution in [2.24, 2.45) is 0 Å². The second-order valence-electron chi connectivity index (χ2n) is 1.87. The van der Waals surface area contributed by atoms with E-state index in [9.17, 15) is 3.74 Å². The third-order valence-electron chi connectivity index (χ3n) is 1.03. The molecule has 1 rings (SSSR count). The Morgan fingerprint density at radius 3 is 2.60 bits per heavy atom. The van der Waals surface area contributed by atoms with Crippen molar-refractivity contribution in [2.45, 2.75) is 0 Å². The van der Waals surface area contributed by atoms with Crippen LogP contribution in [-0.4, -0.2) is 20.8 Å². The van der Waals surface area contributed by atoms with Crippen molar-refractivity contribution in [1.29, 1.82) is 0 Å². The van der Waals surface area contributed by atoms with Crippen molar-refractivity contribution in [3.8, 4) is 5.75 Å². The van der Waals surface area contributed by atoms with E-state index in [1.54, 1.807) is 6.07 Å². The SMILES string of the molecule is Nc1cc(O)cc([As]=O)c1. The van der Waals surface area contributed by atoms with Gasteiger partial charge >= 0.3 is 64.3 Å². The van der Waals surface area contributed by atoms with Crippen molar-refractivity contribution in [1.82, 2.24) is 0 Å². The second kappa shape index (κ2) is 2.84.